The Morgan fingerprint density at radius 3 is 2.21 bits per heavy atom. The first kappa shape index (κ1) is 18.9. The molecule has 3 aromatic carbocycles. The molecule has 2 N–H and O–H groups in total. The fourth-order valence-corrected chi connectivity index (χ4v) is 3.83. The SMILES string of the molecule is COc1cccc(NC[C@@H](O)Cn2c3ccc(Cl)cc3c3cc(Cl)ccc32)c1. The fraction of sp³-hybridized carbons (Fsp3) is 0.182. The van der Waals surface area contributed by atoms with E-state index < -0.39 is 6.10 Å². The van der Waals surface area contributed by atoms with Crippen LogP contribution >= 0.6 is 23.2 Å². The molecule has 1 aromatic heterocycles. The normalized spacial score (nSPS) is 12.4. The van der Waals surface area contributed by atoms with Crippen molar-refractivity contribution in [2.24, 2.45) is 0 Å². The number of fused-ring (bicyclic) bond motifs is 3. The second-order valence-corrected chi connectivity index (χ2v) is 7.57. The Kier molecular flexibility index (Phi) is 5.36. The highest BCUT2D eigenvalue weighted by atomic mass is 35.5. The van der Waals surface area contributed by atoms with E-state index in [4.69, 9.17) is 27.9 Å². The van der Waals surface area contributed by atoms with Gasteiger partial charge in [-0.05, 0) is 48.5 Å². The van der Waals surface area contributed by atoms with Crippen LogP contribution in [0.25, 0.3) is 21.8 Å². The first-order valence-electron chi connectivity index (χ1n) is 8.98. The number of hydrogen-bond donors (Lipinski definition) is 2. The van der Waals surface area contributed by atoms with E-state index in [1.165, 1.54) is 0 Å². The molecule has 28 heavy (non-hydrogen) atoms. The van der Waals surface area contributed by atoms with E-state index >= 15 is 0 Å². The first-order chi connectivity index (χ1) is 13.5. The molecule has 4 nitrogen and oxygen atoms in total. The molecule has 4 aromatic rings. The van der Waals surface area contributed by atoms with Crippen molar-refractivity contribution in [1.29, 1.82) is 0 Å². The Hall–Kier alpha value is -2.40. The lowest BCUT2D eigenvalue weighted by Crippen LogP contribution is -2.24. The Balaban J connectivity index is 1.61. The van der Waals surface area contributed by atoms with Crippen molar-refractivity contribution in [3.63, 3.8) is 0 Å². The third-order valence-electron chi connectivity index (χ3n) is 4.79. The first-order valence-corrected chi connectivity index (χ1v) is 9.74. The summed E-state index contributed by atoms with van der Waals surface area (Å²) in [5.41, 5.74) is 2.93. The molecule has 4 rings (SSSR count). The van der Waals surface area contributed by atoms with E-state index in [0.29, 0.717) is 23.1 Å². The minimum Gasteiger partial charge on any atom is -0.497 e. The van der Waals surface area contributed by atoms with Crippen LogP contribution in [0, 0.1) is 0 Å². The van der Waals surface area contributed by atoms with Gasteiger partial charge in [-0.25, -0.2) is 0 Å². The fourth-order valence-electron chi connectivity index (χ4n) is 3.49. The third kappa shape index (κ3) is 3.76. The number of aliphatic hydroxyl groups excluding tert-OH is 1. The van der Waals surface area contributed by atoms with Crippen molar-refractivity contribution in [2.45, 2.75) is 12.6 Å². The molecule has 1 atom stereocenters. The van der Waals surface area contributed by atoms with E-state index in [2.05, 4.69) is 9.88 Å². The molecular formula is C22H20Cl2N2O2. The van der Waals surface area contributed by atoms with E-state index in [1.807, 2.05) is 60.7 Å². The van der Waals surface area contributed by atoms with Gasteiger partial charge in [0.2, 0.25) is 0 Å². The molecule has 0 saturated heterocycles. The van der Waals surface area contributed by atoms with Gasteiger partial charge in [0.1, 0.15) is 5.75 Å². The largest absolute Gasteiger partial charge is 0.497 e. The molecule has 0 fully saturated rings. The number of rotatable bonds is 6. The molecule has 0 radical (unpaired) electrons. The Morgan fingerprint density at radius 1 is 0.964 bits per heavy atom. The van der Waals surface area contributed by atoms with Gasteiger partial charge in [0, 0.05) is 50.1 Å². The van der Waals surface area contributed by atoms with Crippen LogP contribution in [0.15, 0.2) is 60.7 Å². The number of halogens is 2. The molecule has 1 heterocycles. The summed E-state index contributed by atoms with van der Waals surface area (Å²) in [5.74, 6) is 0.774. The van der Waals surface area contributed by atoms with Crippen molar-refractivity contribution in [3.05, 3.63) is 70.7 Å². The number of nitrogens with one attached hydrogen (secondary N) is 1. The van der Waals surface area contributed by atoms with Gasteiger partial charge in [0.25, 0.3) is 0 Å². The maximum absolute atomic E-state index is 10.7. The maximum atomic E-state index is 10.7. The Morgan fingerprint density at radius 2 is 1.61 bits per heavy atom. The predicted molar refractivity (Wildman–Crippen MR) is 117 cm³/mol. The van der Waals surface area contributed by atoms with Crippen LogP contribution in [-0.2, 0) is 6.54 Å². The van der Waals surface area contributed by atoms with E-state index in [0.717, 1.165) is 33.2 Å². The van der Waals surface area contributed by atoms with Crippen molar-refractivity contribution >= 4 is 50.7 Å². The Labute approximate surface area is 173 Å². The van der Waals surface area contributed by atoms with Crippen LogP contribution in [0.5, 0.6) is 5.75 Å². The van der Waals surface area contributed by atoms with Crippen LogP contribution < -0.4 is 10.1 Å². The van der Waals surface area contributed by atoms with Crippen LogP contribution in [0.2, 0.25) is 10.0 Å². The minimum absolute atomic E-state index is 0.412. The second-order valence-electron chi connectivity index (χ2n) is 6.70. The van der Waals surface area contributed by atoms with Gasteiger partial charge in [0.15, 0.2) is 0 Å². The number of nitrogens with zero attached hydrogens (tertiary/aromatic N) is 1. The molecule has 0 bridgehead atoms. The second kappa shape index (κ2) is 7.92. The highest BCUT2D eigenvalue weighted by Crippen LogP contribution is 2.33. The van der Waals surface area contributed by atoms with E-state index in [9.17, 15) is 5.11 Å². The molecule has 6 heteroatoms. The highest BCUT2D eigenvalue weighted by molar-refractivity contribution is 6.33. The zero-order valence-corrected chi connectivity index (χ0v) is 16.8. The molecule has 0 aliphatic carbocycles. The van der Waals surface area contributed by atoms with Gasteiger partial charge in [0.05, 0.1) is 19.8 Å². The van der Waals surface area contributed by atoms with Crippen LogP contribution in [-0.4, -0.2) is 29.4 Å². The van der Waals surface area contributed by atoms with E-state index in [1.54, 1.807) is 7.11 Å². The summed E-state index contributed by atoms with van der Waals surface area (Å²) in [6.45, 7) is 0.857. The van der Waals surface area contributed by atoms with Crippen LogP contribution in [0.3, 0.4) is 0 Å². The van der Waals surface area contributed by atoms with Gasteiger partial charge in [-0.3, -0.25) is 0 Å². The monoisotopic (exact) mass is 414 g/mol. The topological polar surface area (TPSA) is 46.4 Å². The molecular weight excluding hydrogens is 395 g/mol. The van der Waals surface area contributed by atoms with Crippen molar-refractivity contribution in [2.75, 3.05) is 19.0 Å². The lowest BCUT2D eigenvalue weighted by molar-refractivity contribution is 0.169. The quantitative estimate of drug-likeness (QED) is 0.432. The summed E-state index contributed by atoms with van der Waals surface area (Å²) in [4.78, 5) is 0. The zero-order chi connectivity index (χ0) is 19.7. The van der Waals surface area contributed by atoms with E-state index in [-0.39, 0.29) is 0 Å². The summed E-state index contributed by atoms with van der Waals surface area (Å²) in [6, 6.07) is 19.2. The number of methoxy groups -OCH3 is 1. The summed E-state index contributed by atoms with van der Waals surface area (Å²) < 4.78 is 7.34. The lowest BCUT2D eigenvalue weighted by atomic mass is 10.1. The number of ether oxygens (including phenoxy) is 1. The molecule has 0 spiro atoms. The van der Waals surface area contributed by atoms with Gasteiger partial charge in [-0.2, -0.15) is 0 Å². The standard InChI is InChI=1S/C22H20Cl2N2O2/c1-28-18-4-2-3-16(11-18)25-12-17(27)13-26-21-7-5-14(23)9-19(21)20-10-15(24)6-8-22(20)26/h2-11,17,25,27H,12-13H2,1H3/t17-/m1/s1. The number of aromatic nitrogens is 1. The zero-order valence-electron chi connectivity index (χ0n) is 15.3. The van der Waals surface area contributed by atoms with Gasteiger partial charge in [-0.1, -0.05) is 29.3 Å². The summed E-state index contributed by atoms with van der Waals surface area (Å²) in [7, 11) is 1.63. The molecule has 0 aliphatic heterocycles. The van der Waals surface area contributed by atoms with Gasteiger partial charge < -0.3 is 19.7 Å². The number of aliphatic hydroxyl groups is 1. The van der Waals surface area contributed by atoms with Crippen molar-refractivity contribution in [3.8, 4) is 5.75 Å². The number of hydrogen-bond acceptors (Lipinski definition) is 3. The molecule has 0 saturated carbocycles. The van der Waals surface area contributed by atoms with Crippen molar-refractivity contribution in [1.82, 2.24) is 4.57 Å². The van der Waals surface area contributed by atoms with Crippen molar-refractivity contribution < 1.29 is 9.84 Å². The molecule has 0 amide bonds. The average Bonchev–Trinajstić information content (AvgIpc) is 2.99. The third-order valence-corrected chi connectivity index (χ3v) is 5.26. The van der Waals surface area contributed by atoms with Gasteiger partial charge in [-0.15, -0.1) is 0 Å². The molecule has 144 valence electrons. The maximum Gasteiger partial charge on any atom is 0.120 e. The lowest BCUT2D eigenvalue weighted by Gasteiger charge is -2.16. The van der Waals surface area contributed by atoms with Crippen LogP contribution in [0.1, 0.15) is 0 Å². The smallest absolute Gasteiger partial charge is 0.120 e. The van der Waals surface area contributed by atoms with Crippen LogP contribution in [0.4, 0.5) is 5.69 Å². The molecule has 0 aliphatic rings. The predicted octanol–water partition coefficient (Wildman–Crippen LogP) is 5.58. The van der Waals surface area contributed by atoms with Gasteiger partial charge >= 0.3 is 0 Å². The minimum atomic E-state index is -0.587. The number of anilines is 1. The average molecular weight is 415 g/mol. The molecule has 0 unspecified atom stereocenters. The number of benzene rings is 3. The highest BCUT2D eigenvalue weighted by Gasteiger charge is 2.14. The summed E-state index contributed by atoms with van der Waals surface area (Å²) in [5, 5.41) is 17.3. The Bertz CT molecular complexity index is 1080. The summed E-state index contributed by atoms with van der Waals surface area (Å²) >= 11 is 12.4. The summed E-state index contributed by atoms with van der Waals surface area (Å²) in [6.07, 6.45) is -0.587.